The number of aryl methyl sites for hydroxylation is 1. The fourth-order valence-corrected chi connectivity index (χ4v) is 1.67. The molecule has 0 saturated heterocycles. The molecule has 0 amide bonds. The van der Waals surface area contributed by atoms with Crippen LogP contribution in [0.25, 0.3) is 0 Å². The fourth-order valence-electron chi connectivity index (χ4n) is 1.67. The number of nitrogens with two attached hydrogens (primary N) is 1. The van der Waals surface area contributed by atoms with E-state index in [0.29, 0.717) is 5.82 Å². The van der Waals surface area contributed by atoms with Crippen LogP contribution in [0.15, 0.2) is 0 Å². The van der Waals surface area contributed by atoms with Crippen molar-refractivity contribution in [2.75, 3.05) is 24.2 Å². The molecule has 5 nitrogen and oxygen atoms in total. The molecule has 0 spiro atoms. The molecule has 0 bridgehead atoms. The molecule has 18 heavy (non-hydrogen) atoms. The first-order valence-corrected chi connectivity index (χ1v) is 6.56. The Morgan fingerprint density at radius 2 is 2.06 bits per heavy atom. The summed E-state index contributed by atoms with van der Waals surface area (Å²) in [5, 5.41) is 3.28. The van der Waals surface area contributed by atoms with Crippen LogP contribution in [0.1, 0.15) is 38.6 Å². The fraction of sp³-hybridized carbons (Fsp3) is 0.692. The van der Waals surface area contributed by atoms with E-state index in [2.05, 4.69) is 22.2 Å². The van der Waals surface area contributed by atoms with Gasteiger partial charge < -0.3 is 15.8 Å². The lowest BCUT2D eigenvalue weighted by Gasteiger charge is -2.15. The van der Waals surface area contributed by atoms with Crippen molar-refractivity contribution in [3.8, 4) is 0 Å². The third-order valence-corrected chi connectivity index (χ3v) is 2.71. The average Bonchev–Trinajstić information content (AvgIpc) is 2.32. The van der Waals surface area contributed by atoms with Crippen molar-refractivity contribution in [2.45, 2.75) is 46.6 Å². The second-order valence-corrected chi connectivity index (χ2v) is 4.40. The van der Waals surface area contributed by atoms with E-state index in [-0.39, 0.29) is 6.10 Å². The summed E-state index contributed by atoms with van der Waals surface area (Å²) in [5.41, 5.74) is 6.80. The van der Waals surface area contributed by atoms with Crippen LogP contribution < -0.4 is 11.1 Å². The molecule has 1 aromatic rings. The van der Waals surface area contributed by atoms with Gasteiger partial charge in [-0.15, -0.1) is 0 Å². The Balaban J connectivity index is 2.74. The third-order valence-electron chi connectivity index (χ3n) is 2.71. The van der Waals surface area contributed by atoms with Gasteiger partial charge in [0, 0.05) is 25.1 Å². The number of hydrogen-bond acceptors (Lipinski definition) is 5. The predicted molar refractivity (Wildman–Crippen MR) is 74.8 cm³/mol. The first-order chi connectivity index (χ1) is 8.58. The number of nitrogen functional groups attached to an aromatic ring is 1. The van der Waals surface area contributed by atoms with Crippen LogP contribution >= 0.6 is 0 Å². The lowest BCUT2D eigenvalue weighted by molar-refractivity contribution is 0.0854. The highest BCUT2D eigenvalue weighted by molar-refractivity contribution is 5.54. The van der Waals surface area contributed by atoms with Gasteiger partial charge in [-0.2, -0.15) is 0 Å². The Bertz CT molecular complexity index is 381. The van der Waals surface area contributed by atoms with Gasteiger partial charge in [0.15, 0.2) is 0 Å². The van der Waals surface area contributed by atoms with Crippen LogP contribution in [0.3, 0.4) is 0 Å². The first kappa shape index (κ1) is 14.7. The number of rotatable bonds is 7. The maximum absolute atomic E-state index is 5.89. The van der Waals surface area contributed by atoms with E-state index >= 15 is 0 Å². The molecule has 0 radical (unpaired) electrons. The van der Waals surface area contributed by atoms with Crippen molar-refractivity contribution in [3.63, 3.8) is 0 Å². The summed E-state index contributed by atoms with van der Waals surface area (Å²) in [6, 6.07) is 0. The molecule has 0 aliphatic heterocycles. The van der Waals surface area contributed by atoms with Crippen LogP contribution in [0.4, 0.5) is 11.6 Å². The molecule has 1 heterocycles. The second-order valence-electron chi connectivity index (χ2n) is 4.40. The van der Waals surface area contributed by atoms with Crippen molar-refractivity contribution in [2.24, 2.45) is 0 Å². The number of ether oxygens (including phenoxy) is 1. The van der Waals surface area contributed by atoms with Gasteiger partial charge in [0.25, 0.3) is 0 Å². The second kappa shape index (κ2) is 7.16. The van der Waals surface area contributed by atoms with Crippen molar-refractivity contribution >= 4 is 11.6 Å². The summed E-state index contributed by atoms with van der Waals surface area (Å²) in [4.78, 5) is 8.78. The zero-order chi connectivity index (χ0) is 13.5. The van der Waals surface area contributed by atoms with E-state index < -0.39 is 0 Å². The van der Waals surface area contributed by atoms with Crippen LogP contribution in [-0.2, 0) is 11.2 Å². The first-order valence-electron chi connectivity index (χ1n) is 6.56. The highest BCUT2D eigenvalue weighted by Gasteiger charge is 2.09. The monoisotopic (exact) mass is 252 g/mol. The van der Waals surface area contributed by atoms with Gasteiger partial charge >= 0.3 is 0 Å². The summed E-state index contributed by atoms with van der Waals surface area (Å²) >= 11 is 0. The van der Waals surface area contributed by atoms with Crippen molar-refractivity contribution in [1.82, 2.24) is 9.97 Å². The maximum Gasteiger partial charge on any atom is 0.134 e. The van der Waals surface area contributed by atoms with Crippen LogP contribution in [0.2, 0.25) is 0 Å². The summed E-state index contributed by atoms with van der Waals surface area (Å²) in [7, 11) is 0. The minimum Gasteiger partial charge on any atom is -0.383 e. The van der Waals surface area contributed by atoms with E-state index in [1.807, 2.05) is 20.8 Å². The number of anilines is 2. The molecule has 102 valence electrons. The Hall–Kier alpha value is -1.36. The van der Waals surface area contributed by atoms with Crippen LogP contribution in [0.5, 0.6) is 0 Å². The Kier molecular flexibility index (Phi) is 5.85. The number of nitrogens with zero attached hydrogens (tertiary/aromatic N) is 2. The zero-order valence-corrected chi connectivity index (χ0v) is 11.8. The number of hydrogen-bond donors (Lipinski definition) is 2. The molecule has 1 aromatic heterocycles. The molecule has 5 heteroatoms. The van der Waals surface area contributed by atoms with Gasteiger partial charge in [0.2, 0.25) is 0 Å². The zero-order valence-electron chi connectivity index (χ0n) is 11.8. The van der Waals surface area contributed by atoms with Gasteiger partial charge in [-0.3, -0.25) is 0 Å². The molecule has 1 unspecified atom stereocenters. The molecule has 0 fully saturated rings. The van der Waals surface area contributed by atoms with Crippen LogP contribution in [0, 0.1) is 6.92 Å². The van der Waals surface area contributed by atoms with E-state index in [4.69, 9.17) is 10.5 Å². The average molecular weight is 252 g/mol. The van der Waals surface area contributed by atoms with Gasteiger partial charge in [0.1, 0.15) is 17.5 Å². The molecule has 1 rings (SSSR count). The highest BCUT2D eigenvalue weighted by atomic mass is 16.5. The molecule has 0 aliphatic carbocycles. The predicted octanol–water partition coefficient (Wildman–Crippen LogP) is 2.16. The lowest BCUT2D eigenvalue weighted by atomic mass is 10.2. The molecular weight excluding hydrogens is 228 g/mol. The standard InChI is InChI=1S/C13H24N4O/c1-5-7-11-16-12(14)10(4)13(17-11)15-8-9(3)18-6-2/h9H,5-8H2,1-4H3,(H3,14,15,16,17). The topological polar surface area (TPSA) is 73.1 Å². The largest absolute Gasteiger partial charge is 0.383 e. The SMILES string of the molecule is CCCc1nc(N)c(C)c(NCC(C)OCC)n1. The Morgan fingerprint density at radius 1 is 1.33 bits per heavy atom. The van der Waals surface area contributed by atoms with Gasteiger partial charge in [0.05, 0.1) is 6.10 Å². The summed E-state index contributed by atoms with van der Waals surface area (Å²) in [5.74, 6) is 2.17. The molecule has 0 aromatic carbocycles. The molecule has 0 aliphatic rings. The van der Waals surface area contributed by atoms with E-state index in [9.17, 15) is 0 Å². The Morgan fingerprint density at radius 3 is 2.67 bits per heavy atom. The molecule has 3 N–H and O–H groups in total. The van der Waals surface area contributed by atoms with Gasteiger partial charge in [-0.1, -0.05) is 6.92 Å². The van der Waals surface area contributed by atoms with E-state index in [0.717, 1.165) is 43.2 Å². The summed E-state index contributed by atoms with van der Waals surface area (Å²) < 4.78 is 5.47. The minimum absolute atomic E-state index is 0.153. The Labute approximate surface area is 109 Å². The summed E-state index contributed by atoms with van der Waals surface area (Å²) in [6.07, 6.45) is 2.01. The van der Waals surface area contributed by atoms with E-state index in [1.54, 1.807) is 0 Å². The van der Waals surface area contributed by atoms with Crippen molar-refractivity contribution in [3.05, 3.63) is 11.4 Å². The van der Waals surface area contributed by atoms with Crippen molar-refractivity contribution < 1.29 is 4.74 Å². The highest BCUT2D eigenvalue weighted by Crippen LogP contribution is 2.17. The minimum atomic E-state index is 0.153. The number of nitrogens with one attached hydrogen (secondary N) is 1. The molecular formula is C13H24N4O. The lowest BCUT2D eigenvalue weighted by Crippen LogP contribution is -2.21. The summed E-state index contributed by atoms with van der Waals surface area (Å²) in [6.45, 7) is 9.49. The molecule has 1 atom stereocenters. The van der Waals surface area contributed by atoms with Gasteiger partial charge in [-0.25, -0.2) is 9.97 Å². The normalized spacial score (nSPS) is 12.4. The van der Waals surface area contributed by atoms with Gasteiger partial charge in [-0.05, 0) is 27.2 Å². The smallest absolute Gasteiger partial charge is 0.134 e. The van der Waals surface area contributed by atoms with E-state index in [1.165, 1.54) is 0 Å². The van der Waals surface area contributed by atoms with Crippen LogP contribution in [-0.4, -0.2) is 29.2 Å². The number of aromatic nitrogens is 2. The molecule has 0 saturated carbocycles. The van der Waals surface area contributed by atoms with Crippen molar-refractivity contribution in [1.29, 1.82) is 0 Å². The maximum atomic E-state index is 5.89. The quantitative estimate of drug-likeness (QED) is 0.778. The third kappa shape index (κ3) is 4.14.